The van der Waals surface area contributed by atoms with Gasteiger partial charge in [0.05, 0.1) is 45.2 Å². The standard InChI is InChI=1S/C37H62N2O29/c1-9(45)38-17-11(47)3-37(36(58)59,67-29(17)19(49)12(48)4-40)68-31-22(52)15(7-43)63-35(26(31)56)65-28-18(39-10(2)46)33(61-13(5-41)20(28)50)66-30-21(51)14(6-42)62-34(25(30)55)64-27-16(8-44)60-32(57)24(54)23(27)53/h11-35,40-44,47-57H,3-8H2,1-2H3,(H,38,45)(H,39,46)(H,58,59)/t11-,12?,13-,14-,15-,16-,17+,18-,19?,20-,21+,22+,23-,24-,25-,26-,27-,28-,29+,30+,31+,32?,33+,34+,35+,37+/m1/s1. The van der Waals surface area contributed by atoms with Crippen LogP contribution in [-0.4, -0.2) is 297 Å². The fourth-order valence-corrected chi connectivity index (χ4v) is 8.53. The Morgan fingerprint density at radius 3 is 1.53 bits per heavy atom. The van der Waals surface area contributed by atoms with Crippen molar-refractivity contribution in [2.24, 2.45) is 0 Å². The third kappa shape index (κ3) is 11.8. The van der Waals surface area contributed by atoms with E-state index in [1.807, 2.05) is 0 Å². The van der Waals surface area contributed by atoms with Gasteiger partial charge in [0.1, 0.15) is 116 Å². The fraction of sp³-hybridized carbons (Fsp3) is 0.919. The molecule has 0 bridgehead atoms. The average molecular weight is 999 g/mol. The Labute approximate surface area is 384 Å². The topological polar surface area (TPSA) is 502 Å². The molecule has 0 spiro atoms. The molecule has 394 valence electrons. The number of ether oxygens (including phenoxy) is 9. The maximum Gasteiger partial charge on any atom is 0.364 e. The Balaban J connectivity index is 1.45. The number of carbonyl (C=O) groups excluding carboxylic acids is 2. The van der Waals surface area contributed by atoms with Gasteiger partial charge in [-0.05, 0) is 0 Å². The van der Waals surface area contributed by atoms with Crippen LogP contribution >= 0.6 is 0 Å². The van der Waals surface area contributed by atoms with E-state index in [-0.39, 0.29) is 0 Å². The molecule has 5 aliphatic heterocycles. The van der Waals surface area contributed by atoms with Gasteiger partial charge >= 0.3 is 5.97 Å². The van der Waals surface area contributed by atoms with E-state index in [1.165, 1.54) is 0 Å². The predicted molar refractivity (Wildman–Crippen MR) is 207 cm³/mol. The van der Waals surface area contributed by atoms with Gasteiger partial charge < -0.3 is 140 Å². The second kappa shape index (κ2) is 23.8. The number of aliphatic hydroxyl groups is 16. The summed E-state index contributed by atoms with van der Waals surface area (Å²) in [5, 5.41) is 185. The van der Waals surface area contributed by atoms with Crippen molar-refractivity contribution in [2.45, 2.75) is 179 Å². The van der Waals surface area contributed by atoms with E-state index < -0.39 is 216 Å². The summed E-state index contributed by atoms with van der Waals surface area (Å²) in [6, 6.07) is -3.51. The van der Waals surface area contributed by atoms with Crippen LogP contribution < -0.4 is 10.6 Å². The number of carboxylic acids is 1. The lowest BCUT2D eigenvalue weighted by molar-refractivity contribution is -0.389. The molecule has 5 heterocycles. The molecule has 3 unspecified atom stereocenters. The van der Waals surface area contributed by atoms with Crippen LogP contribution in [0.25, 0.3) is 0 Å². The van der Waals surface area contributed by atoms with Crippen LogP contribution in [0.15, 0.2) is 0 Å². The van der Waals surface area contributed by atoms with Gasteiger partial charge in [-0.2, -0.15) is 0 Å². The highest BCUT2D eigenvalue weighted by Crippen LogP contribution is 2.39. The molecule has 0 aromatic heterocycles. The summed E-state index contributed by atoms with van der Waals surface area (Å²) in [5.74, 6) is -6.99. The van der Waals surface area contributed by atoms with Crippen molar-refractivity contribution in [1.29, 1.82) is 0 Å². The summed E-state index contributed by atoms with van der Waals surface area (Å²) >= 11 is 0. The molecule has 5 rings (SSSR count). The van der Waals surface area contributed by atoms with Gasteiger partial charge in [0.25, 0.3) is 5.79 Å². The number of carbonyl (C=O) groups is 3. The van der Waals surface area contributed by atoms with Crippen molar-refractivity contribution in [3.63, 3.8) is 0 Å². The van der Waals surface area contributed by atoms with Gasteiger partial charge in [0.2, 0.25) is 11.8 Å². The monoisotopic (exact) mass is 998 g/mol. The summed E-state index contributed by atoms with van der Waals surface area (Å²) in [7, 11) is 0. The number of aliphatic hydroxyl groups excluding tert-OH is 16. The molecule has 0 aliphatic carbocycles. The minimum atomic E-state index is -3.19. The summed E-state index contributed by atoms with van der Waals surface area (Å²) < 4.78 is 50.7. The molecule has 0 radical (unpaired) electrons. The molecule has 2 amide bonds. The number of nitrogens with one attached hydrogen (secondary N) is 2. The maximum atomic E-state index is 13.0. The van der Waals surface area contributed by atoms with E-state index in [9.17, 15) is 101 Å². The predicted octanol–water partition coefficient (Wildman–Crippen LogP) is -12.4. The maximum absolute atomic E-state index is 13.0. The SMILES string of the molecule is CC(=O)N[C@H]1[C@H](O[C@H]2[C@@H](O)[C@@H](CO)O[C@@H](O[C@H]3[C@H](O)[C@@H](O)C(O)O[C@@H]3CO)[C@@H]2O)O[C@H](CO)[C@@H](O)[C@@H]1O[C@@H]1O[C@H](CO)[C@H](O)[C@H](O[C@]2(C(=O)O)C[C@@H](O)[C@H](NC(C)=O)[C@@H](C(O)C(O)CO)O2)[C@H]1O. The molecular formula is C37H62N2O29. The Morgan fingerprint density at radius 1 is 0.574 bits per heavy atom. The van der Waals surface area contributed by atoms with Gasteiger partial charge in [0, 0.05) is 20.3 Å². The van der Waals surface area contributed by atoms with Gasteiger partial charge in [0.15, 0.2) is 25.2 Å². The number of rotatable bonds is 18. The first kappa shape index (κ1) is 56.3. The highest BCUT2D eigenvalue weighted by Gasteiger charge is 2.61. The molecule has 5 aliphatic rings. The highest BCUT2D eigenvalue weighted by molar-refractivity contribution is 5.76. The summed E-state index contributed by atoms with van der Waals surface area (Å²) in [6.45, 7) is -3.28. The Bertz CT molecular complexity index is 1660. The van der Waals surface area contributed by atoms with Crippen LogP contribution in [0.2, 0.25) is 0 Å². The van der Waals surface area contributed by atoms with Crippen molar-refractivity contribution in [3.8, 4) is 0 Å². The molecule has 68 heavy (non-hydrogen) atoms. The molecule has 0 aromatic carbocycles. The van der Waals surface area contributed by atoms with Crippen molar-refractivity contribution < 1.29 is 144 Å². The van der Waals surface area contributed by atoms with Crippen LogP contribution in [0.4, 0.5) is 0 Å². The lowest BCUT2D eigenvalue weighted by Crippen LogP contribution is -2.71. The highest BCUT2D eigenvalue weighted by atomic mass is 16.8. The summed E-state index contributed by atoms with van der Waals surface area (Å²) in [6.07, 6.45) is -47.6. The lowest BCUT2D eigenvalue weighted by atomic mass is 9.88. The number of hydrogen-bond acceptors (Lipinski definition) is 28. The second-order valence-corrected chi connectivity index (χ2v) is 16.8. The minimum absolute atomic E-state index is 0.818. The first-order valence-electron chi connectivity index (χ1n) is 21.2. The molecule has 31 heteroatoms. The van der Waals surface area contributed by atoms with E-state index in [1.54, 1.807) is 0 Å². The molecule has 0 saturated carbocycles. The Hall–Kier alpha value is -2.59. The van der Waals surface area contributed by atoms with E-state index >= 15 is 0 Å². The summed E-state index contributed by atoms with van der Waals surface area (Å²) in [5.41, 5.74) is 0. The normalized spacial score (nSPS) is 46.6. The van der Waals surface area contributed by atoms with Crippen molar-refractivity contribution in [2.75, 3.05) is 33.0 Å². The first-order valence-corrected chi connectivity index (χ1v) is 21.2. The number of amides is 2. The van der Waals surface area contributed by atoms with Gasteiger partial charge in [-0.1, -0.05) is 0 Å². The zero-order valence-electron chi connectivity index (χ0n) is 36.2. The second-order valence-electron chi connectivity index (χ2n) is 16.8. The van der Waals surface area contributed by atoms with E-state index in [0.717, 1.165) is 13.8 Å². The fourth-order valence-electron chi connectivity index (χ4n) is 8.53. The van der Waals surface area contributed by atoms with E-state index in [0.29, 0.717) is 0 Å². The van der Waals surface area contributed by atoms with Crippen LogP contribution in [-0.2, 0) is 57.0 Å². The molecule has 19 N–H and O–H groups in total. The molecule has 5 fully saturated rings. The minimum Gasteiger partial charge on any atom is -0.477 e. The smallest absolute Gasteiger partial charge is 0.364 e. The molecule has 0 aromatic rings. The third-order valence-electron chi connectivity index (χ3n) is 12.1. The average Bonchev–Trinajstić information content (AvgIpc) is 3.29. The molecule has 26 atom stereocenters. The summed E-state index contributed by atoms with van der Waals surface area (Å²) in [4.78, 5) is 37.7. The lowest BCUT2D eigenvalue weighted by Gasteiger charge is -2.51. The van der Waals surface area contributed by atoms with Crippen molar-refractivity contribution in [3.05, 3.63) is 0 Å². The zero-order chi connectivity index (χ0) is 50.7. The molecular weight excluding hydrogens is 936 g/mol. The van der Waals surface area contributed by atoms with Crippen molar-refractivity contribution >= 4 is 17.8 Å². The quantitative estimate of drug-likeness (QED) is 0.0606. The Morgan fingerprint density at radius 2 is 1.03 bits per heavy atom. The zero-order valence-corrected chi connectivity index (χ0v) is 36.2. The van der Waals surface area contributed by atoms with Crippen LogP contribution in [0, 0.1) is 0 Å². The van der Waals surface area contributed by atoms with Gasteiger partial charge in [-0.25, -0.2) is 4.79 Å². The molecule has 5 saturated heterocycles. The number of carboxylic acid groups (broad SMARTS) is 1. The first-order chi connectivity index (χ1) is 32.0. The Kier molecular flexibility index (Phi) is 19.7. The van der Waals surface area contributed by atoms with Crippen LogP contribution in [0.1, 0.15) is 20.3 Å². The van der Waals surface area contributed by atoms with Crippen LogP contribution in [0.3, 0.4) is 0 Å². The largest absolute Gasteiger partial charge is 0.477 e. The number of hydrogen-bond donors (Lipinski definition) is 19. The third-order valence-corrected chi connectivity index (χ3v) is 12.1. The van der Waals surface area contributed by atoms with Crippen molar-refractivity contribution in [1.82, 2.24) is 10.6 Å². The van der Waals surface area contributed by atoms with Crippen LogP contribution in [0.5, 0.6) is 0 Å². The van der Waals surface area contributed by atoms with E-state index in [2.05, 4.69) is 10.6 Å². The van der Waals surface area contributed by atoms with Gasteiger partial charge in [-0.3, -0.25) is 9.59 Å². The number of aliphatic carboxylic acids is 1. The van der Waals surface area contributed by atoms with Gasteiger partial charge in [-0.15, -0.1) is 0 Å². The molecule has 31 nitrogen and oxygen atoms in total. The van der Waals surface area contributed by atoms with E-state index in [4.69, 9.17) is 42.6 Å².